The number of rotatable bonds is 7. The van der Waals surface area contributed by atoms with Crippen molar-refractivity contribution in [3.8, 4) is 5.75 Å². The van der Waals surface area contributed by atoms with Gasteiger partial charge < -0.3 is 14.5 Å². The summed E-state index contributed by atoms with van der Waals surface area (Å²) in [5, 5.41) is 3.81. The molecule has 5 nitrogen and oxygen atoms in total. The Kier molecular flexibility index (Phi) is 6.14. The number of carbonyl (C=O) groups excluding carboxylic acids is 1. The standard InChI is InChI=1S/C23H25NO4/c1-4-16-6-8-18(9-7-16)15(3)24-22(25)14-27-19-10-11-20-17(5-2)12-23(26)28-21(20)13-19/h6-13,15H,4-5,14H2,1-3H3,(H,24,25)/t15-/m1/s1. The molecule has 2 aromatic carbocycles. The van der Waals surface area contributed by atoms with E-state index < -0.39 is 0 Å². The molecule has 1 atom stereocenters. The number of aryl methyl sites for hydroxylation is 2. The Balaban J connectivity index is 1.62. The summed E-state index contributed by atoms with van der Waals surface area (Å²) in [4.78, 5) is 23.9. The molecule has 0 unspecified atom stereocenters. The highest BCUT2D eigenvalue weighted by Crippen LogP contribution is 2.23. The van der Waals surface area contributed by atoms with E-state index in [9.17, 15) is 9.59 Å². The SMILES string of the molecule is CCc1ccc([C@@H](C)NC(=O)COc2ccc3c(CC)cc(=O)oc3c2)cc1. The fourth-order valence-electron chi connectivity index (χ4n) is 3.15. The van der Waals surface area contributed by atoms with Crippen molar-refractivity contribution in [1.29, 1.82) is 0 Å². The molecule has 1 aromatic heterocycles. The monoisotopic (exact) mass is 379 g/mol. The molecule has 0 radical (unpaired) electrons. The number of benzene rings is 2. The molecule has 0 spiro atoms. The van der Waals surface area contributed by atoms with Gasteiger partial charge in [0, 0.05) is 17.5 Å². The molecule has 1 N–H and O–H groups in total. The molecule has 146 valence electrons. The van der Waals surface area contributed by atoms with Gasteiger partial charge in [-0.1, -0.05) is 38.1 Å². The molecule has 1 amide bonds. The first-order valence-electron chi connectivity index (χ1n) is 9.58. The quantitative estimate of drug-likeness (QED) is 0.626. The summed E-state index contributed by atoms with van der Waals surface area (Å²) in [5.74, 6) is 0.273. The van der Waals surface area contributed by atoms with Gasteiger partial charge in [0.15, 0.2) is 6.61 Å². The molecular weight excluding hydrogens is 354 g/mol. The smallest absolute Gasteiger partial charge is 0.336 e. The number of carbonyl (C=O) groups is 1. The van der Waals surface area contributed by atoms with Crippen molar-refractivity contribution in [3.05, 3.63) is 75.6 Å². The summed E-state index contributed by atoms with van der Waals surface area (Å²) in [5.41, 5.74) is 3.32. The van der Waals surface area contributed by atoms with Crippen molar-refractivity contribution < 1.29 is 13.9 Å². The van der Waals surface area contributed by atoms with Crippen molar-refractivity contribution in [1.82, 2.24) is 5.32 Å². The second-order valence-corrected chi connectivity index (χ2v) is 6.78. The lowest BCUT2D eigenvalue weighted by Gasteiger charge is -2.15. The minimum atomic E-state index is -0.387. The van der Waals surface area contributed by atoms with Gasteiger partial charge in [-0.2, -0.15) is 0 Å². The third-order valence-corrected chi connectivity index (χ3v) is 4.82. The van der Waals surface area contributed by atoms with E-state index in [1.54, 1.807) is 12.1 Å². The summed E-state index contributed by atoms with van der Waals surface area (Å²) < 4.78 is 10.8. The third-order valence-electron chi connectivity index (χ3n) is 4.82. The Labute approximate surface area is 164 Å². The van der Waals surface area contributed by atoms with Gasteiger partial charge in [-0.05, 0) is 48.6 Å². The number of hydrogen-bond donors (Lipinski definition) is 1. The van der Waals surface area contributed by atoms with E-state index >= 15 is 0 Å². The number of fused-ring (bicyclic) bond motifs is 1. The Morgan fingerprint density at radius 3 is 2.50 bits per heavy atom. The summed E-state index contributed by atoms with van der Waals surface area (Å²) in [6, 6.07) is 14.9. The molecule has 0 aliphatic carbocycles. The fourth-order valence-corrected chi connectivity index (χ4v) is 3.15. The van der Waals surface area contributed by atoms with Crippen molar-refractivity contribution >= 4 is 16.9 Å². The fraction of sp³-hybridized carbons (Fsp3) is 0.304. The molecule has 0 saturated carbocycles. The molecule has 0 saturated heterocycles. The van der Waals surface area contributed by atoms with Gasteiger partial charge in [0.2, 0.25) is 0 Å². The van der Waals surface area contributed by atoms with Gasteiger partial charge in [0.1, 0.15) is 11.3 Å². The Hall–Kier alpha value is -3.08. The van der Waals surface area contributed by atoms with E-state index in [1.807, 2.05) is 32.0 Å². The first-order valence-corrected chi connectivity index (χ1v) is 9.58. The van der Waals surface area contributed by atoms with Gasteiger partial charge in [-0.3, -0.25) is 4.79 Å². The van der Waals surface area contributed by atoms with E-state index in [0.717, 1.165) is 29.4 Å². The van der Waals surface area contributed by atoms with E-state index in [2.05, 4.69) is 24.4 Å². The molecule has 3 rings (SSSR count). The second kappa shape index (κ2) is 8.74. The van der Waals surface area contributed by atoms with E-state index in [-0.39, 0.29) is 24.2 Å². The average Bonchev–Trinajstić information content (AvgIpc) is 2.71. The predicted octanol–water partition coefficient (Wildman–Crippen LogP) is 4.17. The molecule has 0 bridgehead atoms. The lowest BCUT2D eigenvalue weighted by molar-refractivity contribution is -0.123. The van der Waals surface area contributed by atoms with Gasteiger partial charge in [0.05, 0.1) is 6.04 Å². The summed E-state index contributed by atoms with van der Waals surface area (Å²) >= 11 is 0. The van der Waals surface area contributed by atoms with Crippen LogP contribution in [0.1, 0.15) is 43.5 Å². The van der Waals surface area contributed by atoms with Crippen LogP contribution in [0.3, 0.4) is 0 Å². The molecule has 28 heavy (non-hydrogen) atoms. The normalized spacial score (nSPS) is 12.0. The third kappa shape index (κ3) is 4.60. The number of ether oxygens (including phenoxy) is 1. The van der Waals surface area contributed by atoms with Crippen molar-refractivity contribution in [3.63, 3.8) is 0 Å². The summed E-state index contributed by atoms with van der Waals surface area (Å²) in [6.45, 7) is 5.93. The highest BCUT2D eigenvalue weighted by atomic mass is 16.5. The van der Waals surface area contributed by atoms with Crippen LogP contribution >= 0.6 is 0 Å². The molecule has 0 aliphatic rings. The van der Waals surface area contributed by atoms with Crippen LogP contribution in [0.4, 0.5) is 0 Å². The average molecular weight is 379 g/mol. The maximum Gasteiger partial charge on any atom is 0.336 e. The van der Waals surface area contributed by atoms with Crippen molar-refractivity contribution in [2.24, 2.45) is 0 Å². The topological polar surface area (TPSA) is 68.5 Å². The van der Waals surface area contributed by atoms with Gasteiger partial charge in [0.25, 0.3) is 5.91 Å². The van der Waals surface area contributed by atoms with Crippen molar-refractivity contribution in [2.75, 3.05) is 6.61 Å². The first-order chi connectivity index (χ1) is 13.5. The van der Waals surface area contributed by atoms with Crippen LogP contribution in [0.25, 0.3) is 11.0 Å². The minimum Gasteiger partial charge on any atom is -0.484 e. The number of amides is 1. The molecule has 1 heterocycles. The summed E-state index contributed by atoms with van der Waals surface area (Å²) in [6.07, 6.45) is 1.72. The second-order valence-electron chi connectivity index (χ2n) is 6.78. The zero-order chi connectivity index (χ0) is 20.1. The highest BCUT2D eigenvalue weighted by Gasteiger charge is 2.11. The largest absolute Gasteiger partial charge is 0.484 e. The zero-order valence-electron chi connectivity index (χ0n) is 16.5. The Morgan fingerprint density at radius 2 is 1.82 bits per heavy atom. The molecule has 3 aromatic rings. The lowest BCUT2D eigenvalue weighted by Crippen LogP contribution is -2.31. The number of hydrogen-bond acceptors (Lipinski definition) is 4. The van der Waals surface area contributed by atoms with E-state index in [4.69, 9.17) is 9.15 Å². The van der Waals surface area contributed by atoms with Gasteiger partial charge in [-0.15, -0.1) is 0 Å². The highest BCUT2D eigenvalue weighted by molar-refractivity contribution is 5.82. The van der Waals surface area contributed by atoms with Crippen LogP contribution in [-0.2, 0) is 17.6 Å². The van der Waals surface area contributed by atoms with Crippen LogP contribution in [-0.4, -0.2) is 12.5 Å². The Bertz CT molecular complexity index is 1020. The van der Waals surface area contributed by atoms with Crippen LogP contribution in [0.2, 0.25) is 0 Å². The van der Waals surface area contributed by atoms with Crippen LogP contribution in [0, 0.1) is 0 Å². The lowest BCUT2D eigenvalue weighted by atomic mass is 10.1. The van der Waals surface area contributed by atoms with Crippen molar-refractivity contribution in [2.45, 2.75) is 39.7 Å². The zero-order valence-corrected chi connectivity index (χ0v) is 16.5. The predicted molar refractivity (Wildman–Crippen MR) is 110 cm³/mol. The van der Waals surface area contributed by atoms with E-state index in [0.29, 0.717) is 11.3 Å². The van der Waals surface area contributed by atoms with Crippen LogP contribution in [0.5, 0.6) is 5.75 Å². The van der Waals surface area contributed by atoms with Crippen LogP contribution < -0.4 is 15.7 Å². The van der Waals surface area contributed by atoms with Gasteiger partial charge in [-0.25, -0.2) is 4.79 Å². The maximum absolute atomic E-state index is 12.2. The summed E-state index contributed by atoms with van der Waals surface area (Å²) in [7, 11) is 0. The number of nitrogens with one attached hydrogen (secondary N) is 1. The molecule has 5 heteroatoms. The molecular formula is C23H25NO4. The van der Waals surface area contributed by atoms with Crippen LogP contribution in [0.15, 0.2) is 57.7 Å². The van der Waals surface area contributed by atoms with E-state index in [1.165, 1.54) is 11.6 Å². The maximum atomic E-state index is 12.2. The van der Waals surface area contributed by atoms with Gasteiger partial charge >= 0.3 is 5.63 Å². The molecule has 0 aliphatic heterocycles. The Morgan fingerprint density at radius 1 is 1.07 bits per heavy atom. The first kappa shape index (κ1) is 19.7. The minimum absolute atomic E-state index is 0.108. The molecule has 0 fully saturated rings.